The number of ether oxygens (including phenoxy) is 1. The Kier molecular flexibility index (Phi) is 7.19. The van der Waals surface area contributed by atoms with Crippen molar-refractivity contribution in [2.45, 2.75) is 63.6 Å². The van der Waals surface area contributed by atoms with Crippen LogP contribution in [0.5, 0.6) is 0 Å². The first-order valence-electron chi connectivity index (χ1n) is 14.1. The van der Waals surface area contributed by atoms with Gasteiger partial charge >= 0.3 is 6.18 Å². The Morgan fingerprint density at radius 3 is 2.52 bits per heavy atom. The second-order valence-electron chi connectivity index (χ2n) is 12.1. The van der Waals surface area contributed by atoms with E-state index in [1.807, 2.05) is 31.2 Å². The molecule has 2 aromatic heterocycles. The topological polar surface area (TPSA) is 102 Å². The summed E-state index contributed by atoms with van der Waals surface area (Å²) in [5, 5.41) is 15.3. The van der Waals surface area contributed by atoms with Crippen molar-refractivity contribution in [3.63, 3.8) is 0 Å². The van der Waals surface area contributed by atoms with Gasteiger partial charge < -0.3 is 20.1 Å². The lowest BCUT2D eigenvalue weighted by Crippen LogP contribution is -2.51. The summed E-state index contributed by atoms with van der Waals surface area (Å²) in [4.78, 5) is 32.1. The van der Waals surface area contributed by atoms with Crippen molar-refractivity contribution in [1.82, 2.24) is 24.3 Å². The lowest BCUT2D eigenvalue weighted by molar-refractivity contribution is -0.165. The highest BCUT2D eigenvalue weighted by molar-refractivity contribution is 6.31. The number of nitrogens with one attached hydrogen (secondary N) is 1. The predicted molar refractivity (Wildman–Crippen MR) is 150 cm³/mol. The molecule has 6 rings (SSSR count). The fourth-order valence-corrected chi connectivity index (χ4v) is 6.53. The van der Waals surface area contributed by atoms with Gasteiger partial charge in [-0.3, -0.25) is 18.7 Å². The first kappa shape index (κ1) is 29.2. The molecule has 42 heavy (non-hydrogen) atoms. The molecular formula is C29H33ClF3N5O4. The molecule has 4 heterocycles. The molecule has 3 fully saturated rings. The van der Waals surface area contributed by atoms with Crippen LogP contribution in [0, 0.1) is 11.3 Å². The van der Waals surface area contributed by atoms with E-state index < -0.39 is 29.0 Å². The van der Waals surface area contributed by atoms with Crippen LogP contribution in [-0.2, 0) is 16.1 Å². The largest absolute Gasteiger partial charge is 0.392 e. The summed E-state index contributed by atoms with van der Waals surface area (Å²) in [5.41, 5.74) is -0.943. The van der Waals surface area contributed by atoms with Gasteiger partial charge in [0.25, 0.3) is 5.56 Å². The van der Waals surface area contributed by atoms with E-state index in [0.29, 0.717) is 22.8 Å². The number of alkyl halides is 3. The quantitative estimate of drug-likeness (QED) is 0.457. The Labute approximate surface area is 245 Å². The minimum atomic E-state index is -4.40. The van der Waals surface area contributed by atoms with Gasteiger partial charge in [-0.25, -0.2) is 4.98 Å². The van der Waals surface area contributed by atoms with Crippen molar-refractivity contribution in [2.24, 2.45) is 11.3 Å². The second-order valence-corrected chi connectivity index (χ2v) is 12.5. The van der Waals surface area contributed by atoms with Crippen LogP contribution in [0.15, 0.2) is 41.5 Å². The Morgan fingerprint density at radius 2 is 1.93 bits per heavy atom. The Bertz CT molecular complexity index is 1560. The van der Waals surface area contributed by atoms with Crippen LogP contribution in [0.2, 0.25) is 5.15 Å². The van der Waals surface area contributed by atoms with Crippen LogP contribution in [0.4, 0.5) is 13.2 Å². The number of hydrogen-bond acceptors (Lipinski definition) is 6. The molecule has 0 spiro atoms. The van der Waals surface area contributed by atoms with Crippen molar-refractivity contribution in [3.8, 4) is 5.69 Å². The first-order chi connectivity index (χ1) is 19.8. The molecule has 0 radical (unpaired) electrons. The van der Waals surface area contributed by atoms with Crippen LogP contribution in [0.3, 0.4) is 0 Å². The predicted octanol–water partition coefficient (Wildman–Crippen LogP) is 3.83. The van der Waals surface area contributed by atoms with E-state index >= 15 is 0 Å². The molecule has 1 saturated carbocycles. The van der Waals surface area contributed by atoms with E-state index in [1.54, 1.807) is 10.6 Å². The maximum Gasteiger partial charge on any atom is 0.392 e. The number of aromatic nitrogens is 3. The van der Waals surface area contributed by atoms with Gasteiger partial charge in [0, 0.05) is 25.3 Å². The zero-order valence-corrected chi connectivity index (χ0v) is 24.1. The maximum absolute atomic E-state index is 13.4. The number of benzene rings is 1. The molecule has 1 aliphatic carbocycles. The standard InChI is InChI=1S/C29H33ClF3N5O4/c1-17-13-34-21(14-42-17)18-3-5-19(6-4-18)38-23(30)11-20-24(38)35-16-37(25(20)39)15-28(41)7-9-36(10-8-28)26(40)27(2)12-22(27)29(31,32)33/h3-6,11,16-17,21-22,34,41H,7-10,12-15H2,1-2H3/t17-,21-,22-,27-/m1/s1. The van der Waals surface area contributed by atoms with E-state index in [9.17, 15) is 27.9 Å². The SMILES string of the molecule is C[C@@H]1CN[C@@H](c2ccc(-n3c(Cl)cc4c(=O)n(CC5(O)CCN(C(=O)[C@]6(C)C[C@H]6C(F)(F)F)CC5)cnc43)cc2)CO1. The number of aliphatic hydroxyl groups is 1. The number of rotatable bonds is 5. The van der Waals surface area contributed by atoms with Gasteiger partial charge in [-0.2, -0.15) is 13.2 Å². The highest BCUT2D eigenvalue weighted by Crippen LogP contribution is 2.61. The zero-order chi connectivity index (χ0) is 30.0. The number of hydrogen-bond donors (Lipinski definition) is 2. The molecule has 0 unspecified atom stereocenters. The number of carbonyl (C=O) groups excluding carboxylic acids is 1. The minimum absolute atomic E-state index is 0.0637. The lowest BCUT2D eigenvalue weighted by Gasteiger charge is -2.39. The number of fused-ring (bicyclic) bond motifs is 1. The van der Waals surface area contributed by atoms with Crippen molar-refractivity contribution in [1.29, 1.82) is 0 Å². The van der Waals surface area contributed by atoms with Gasteiger partial charge in [0.15, 0.2) is 5.65 Å². The lowest BCUT2D eigenvalue weighted by atomic mass is 9.90. The number of morpholine rings is 1. The summed E-state index contributed by atoms with van der Waals surface area (Å²) in [6.45, 7) is 4.87. The third-order valence-corrected chi connectivity index (χ3v) is 9.34. The number of likely N-dealkylation sites (tertiary alicyclic amines) is 1. The highest BCUT2D eigenvalue weighted by atomic mass is 35.5. The molecular weight excluding hydrogens is 575 g/mol. The monoisotopic (exact) mass is 607 g/mol. The van der Waals surface area contributed by atoms with Crippen molar-refractivity contribution < 1.29 is 27.8 Å². The summed E-state index contributed by atoms with van der Waals surface area (Å²) in [7, 11) is 0. The van der Waals surface area contributed by atoms with Crippen LogP contribution in [0.1, 0.15) is 44.7 Å². The maximum atomic E-state index is 13.4. The van der Waals surface area contributed by atoms with E-state index in [2.05, 4.69) is 10.3 Å². The molecule has 2 aliphatic heterocycles. The van der Waals surface area contributed by atoms with Gasteiger partial charge in [0.05, 0.1) is 47.6 Å². The molecule has 226 valence electrons. The summed E-state index contributed by atoms with van der Waals surface area (Å²) in [5.74, 6) is -2.16. The van der Waals surface area contributed by atoms with Gasteiger partial charge in [0.1, 0.15) is 11.5 Å². The smallest absolute Gasteiger partial charge is 0.388 e. The molecule has 2 saturated heterocycles. The second kappa shape index (κ2) is 10.4. The fourth-order valence-electron chi connectivity index (χ4n) is 6.24. The van der Waals surface area contributed by atoms with Crippen LogP contribution >= 0.6 is 11.6 Å². The molecule has 9 nitrogen and oxygen atoms in total. The van der Waals surface area contributed by atoms with Crippen LogP contribution < -0.4 is 10.9 Å². The van der Waals surface area contributed by atoms with Crippen molar-refractivity contribution in [3.05, 3.63) is 57.7 Å². The van der Waals surface area contributed by atoms with E-state index in [0.717, 1.165) is 17.8 Å². The summed E-state index contributed by atoms with van der Waals surface area (Å²) in [6.07, 6.45) is -2.82. The average Bonchev–Trinajstić information content (AvgIpc) is 3.56. The zero-order valence-electron chi connectivity index (χ0n) is 23.3. The van der Waals surface area contributed by atoms with Crippen LogP contribution in [-0.4, -0.2) is 74.2 Å². The molecule has 2 N–H and O–H groups in total. The van der Waals surface area contributed by atoms with Gasteiger partial charge in [0.2, 0.25) is 5.91 Å². The number of carbonyl (C=O) groups is 1. The van der Waals surface area contributed by atoms with Crippen molar-refractivity contribution in [2.75, 3.05) is 26.2 Å². The average molecular weight is 608 g/mol. The number of piperidine rings is 1. The highest BCUT2D eigenvalue weighted by Gasteiger charge is 2.68. The molecule has 3 aromatic rings. The number of nitrogens with zero attached hydrogens (tertiary/aromatic N) is 4. The molecule has 0 bridgehead atoms. The normalized spacial score (nSPS) is 27.8. The number of halogens is 4. The molecule has 4 atom stereocenters. The third kappa shape index (κ3) is 5.23. The van der Waals surface area contributed by atoms with E-state index in [4.69, 9.17) is 16.3 Å². The fraction of sp³-hybridized carbons (Fsp3) is 0.552. The summed E-state index contributed by atoms with van der Waals surface area (Å²) < 4.78 is 48.2. The summed E-state index contributed by atoms with van der Waals surface area (Å²) in [6, 6.07) is 9.41. The van der Waals surface area contributed by atoms with Crippen molar-refractivity contribution >= 4 is 28.5 Å². The first-order valence-corrected chi connectivity index (χ1v) is 14.5. The third-order valence-electron chi connectivity index (χ3n) is 9.06. The molecule has 3 aliphatic rings. The van der Waals surface area contributed by atoms with Crippen LogP contribution in [0.25, 0.3) is 16.7 Å². The summed E-state index contributed by atoms with van der Waals surface area (Å²) >= 11 is 6.56. The van der Waals surface area contributed by atoms with Gasteiger partial charge in [-0.15, -0.1) is 0 Å². The Balaban J connectivity index is 1.16. The Morgan fingerprint density at radius 1 is 1.24 bits per heavy atom. The Hall–Kier alpha value is -2.93. The molecule has 1 aromatic carbocycles. The molecule has 13 heteroatoms. The van der Waals surface area contributed by atoms with E-state index in [-0.39, 0.29) is 56.6 Å². The van der Waals surface area contributed by atoms with Gasteiger partial charge in [-0.05, 0) is 49.9 Å². The van der Waals surface area contributed by atoms with E-state index in [1.165, 1.54) is 22.7 Å². The minimum Gasteiger partial charge on any atom is -0.388 e. The number of amides is 1. The molecule has 1 amide bonds. The van der Waals surface area contributed by atoms with Gasteiger partial charge in [-0.1, -0.05) is 30.7 Å².